The van der Waals surface area contributed by atoms with Crippen molar-refractivity contribution in [3.8, 4) is 6.07 Å². The monoisotopic (exact) mass is 385 g/mol. The van der Waals surface area contributed by atoms with Crippen LogP contribution in [0.1, 0.15) is 28.4 Å². The van der Waals surface area contributed by atoms with Crippen LogP contribution < -0.4 is 5.32 Å². The molecule has 0 fully saturated rings. The molecule has 28 heavy (non-hydrogen) atoms. The van der Waals surface area contributed by atoms with Gasteiger partial charge in [-0.3, -0.25) is 4.98 Å². The summed E-state index contributed by atoms with van der Waals surface area (Å²) in [5.41, 5.74) is -0.537. The van der Waals surface area contributed by atoms with E-state index in [1.165, 1.54) is 30.5 Å². The van der Waals surface area contributed by atoms with Crippen molar-refractivity contribution in [1.82, 2.24) is 4.98 Å². The maximum absolute atomic E-state index is 13.4. The number of rotatable bonds is 4. The summed E-state index contributed by atoms with van der Waals surface area (Å²) < 4.78 is 45.1. The van der Waals surface area contributed by atoms with Gasteiger partial charge in [0.1, 0.15) is 11.6 Å². The Morgan fingerprint density at radius 1 is 1.21 bits per heavy atom. The van der Waals surface area contributed by atoms with E-state index in [4.69, 9.17) is 4.74 Å². The molecule has 0 aliphatic rings. The minimum Gasteiger partial charge on any atom is -0.462 e. The molecule has 3 aromatic rings. The Bertz CT molecular complexity index is 1090. The Morgan fingerprint density at radius 2 is 1.96 bits per heavy atom. The molecule has 0 radical (unpaired) electrons. The number of fused-ring (bicyclic) bond motifs is 1. The SMILES string of the molecule is CCOC(=O)c1cnc2c(C#N)cccc2c1Nc1ccccc1C(F)(F)F. The zero-order valence-corrected chi connectivity index (χ0v) is 14.7. The second-order valence-electron chi connectivity index (χ2n) is 5.75. The number of benzene rings is 2. The molecule has 1 heterocycles. The van der Waals surface area contributed by atoms with E-state index in [-0.39, 0.29) is 34.6 Å². The second kappa shape index (κ2) is 7.56. The highest BCUT2D eigenvalue weighted by Gasteiger charge is 2.33. The third-order valence-corrected chi connectivity index (χ3v) is 4.01. The van der Waals surface area contributed by atoms with E-state index in [2.05, 4.69) is 10.3 Å². The van der Waals surface area contributed by atoms with Crippen LogP contribution in [-0.4, -0.2) is 17.6 Å². The number of nitriles is 1. The van der Waals surface area contributed by atoms with Crippen molar-refractivity contribution in [3.63, 3.8) is 0 Å². The molecule has 0 saturated heterocycles. The van der Waals surface area contributed by atoms with E-state index >= 15 is 0 Å². The van der Waals surface area contributed by atoms with Crippen LogP contribution in [0.25, 0.3) is 10.9 Å². The molecule has 0 aliphatic carbocycles. The van der Waals surface area contributed by atoms with Crippen LogP contribution in [0.3, 0.4) is 0 Å². The van der Waals surface area contributed by atoms with Crippen molar-refractivity contribution < 1.29 is 22.7 Å². The van der Waals surface area contributed by atoms with Gasteiger partial charge in [-0.2, -0.15) is 18.4 Å². The van der Waals surface area contributed by atoms with Gasteiger partial charge in [-0.15, -0.1) is 0 Å². The fourth-order valence-corrected chi connectivity index (χ4v) is 2.79. The highest BCUT2D eigenvalue weighted by molar-refractivity contribution is 6.07. The van der Waals surface area contributed by atoms with E-state index in [9.17, 15) is 23.2 Å². The number of halogens is 3. The van der Waals surface area contributed by atoms with Crippen molar-refractivity contribution in [3.05, 3.63) is 65.4 Å². The van der Waals surface area contributed by atoms with Gasteiger partial charge >= 0.3 is 12.1 Å². The smallest absolute Gasteiger partial charge is 0.418 e. The first-order chi connectivity index (χ1) is 13.4. The molecule has 0 atom stereocenters. The number of para-hydroxylation sites is 2. The number of nitrogens with one attached hydrogen (secondary N) is 1. The first kappa shape index (κ1) is 19.2. The molecule has 0 amide bonds. The Hall–Kier alpha value is -3.60. The molecule has 1 aromatic heterocycles. The lowest BCUT2D eigenvalue weighted by atomic mass is 10.0. The first-order valence-electron chi connectivity index (χ1n) is 8.29. The quantitative estimate of drug-likeness (QED) is 0.637. The van der Waals surface area contributed by atoms with Crippen molar-refractivity contribution in [2.45, 2.75) is 13.1 Å². The molecule has 142 valence electrons. The fourth-order valence-electron chi connectivity index (χ4n) is 2.79. The minimum absolute atomic E-state index is 0.0265. The van der Waals surface area contributed by atoms with Gasteiger partial charge in [-0.05, 0) is 25.1 Å². The number of pyridine rings is 1. The Balaban J connectivity index is 2.25. The molecule has 0 spiro atoms. The summed E-state index contributed by atoms with van der Waals surface area (Å²) in [6, 6.07) is 11.6. The molecule has 0 bridgehead atoms. The van der Waals surface area contributed by atoms with E-state index < -0.39 is 17.7 Å². The van der Waals surface area contributed by atoms with Gasteiger partial charge in [0, 0.05) is 11.6 Å². The number of aromatic nitrogens is 1. The lowest BCUT2D eigenvalue weighted by molar-refractivity contribution is -0.136. The predicted molar refractivity (Wildman–Crippen MR) is 97.1 cm³/mol. The summed E-state index contributed by atoms with van der Waals surface area (Å²) in [5.74, 6) is -0.730. The number of carbonyl (C=O) groups excluding carboxylic acids is 1. The Kier molecular flexibility index (Phi) is 5.18. The van der Waals surface area contributed by atoms with E-state index in [1.807, 2.05) is 6.07 Å². The summed E-state index contributed by atoms with van der Waals surface area (Å²) >= 11 is 0. The highest BCUT2D eigenvalue weighted by atomic mass is 19.4. The van der Waals surface area contributed by atoms with Crippen LogP contribution >= 0.6 is 0 Å². The number of esters is 1. The third kappa shape index (κ3) is 3.60. The third-order valence-electron chi connectivity index (χ3n) is 4.01. The molecule has 0 unspecified atom stereocenters. The van der Waals surface area contributed by atoms with Gasteiger partial charge in [-0.25, -0.2) is 4.79 Å². The van der Waals surface area contributed by atoms with Gasteiger partial charge in [0.2, 0.25) is 0 Å². The first-order valence-corrected chi connectivity index (χ1v) is 8.29. The normalized spacial score (nSPS) is 11.1. The maximum Gasteiger partial charge on any atom is 0.418 e. The van der Waals surface area contributed by atoms with Gasteiger partial charge in [-0.1, -0.05) is 24.3 Å². The minimum atomic E-state index is -4.59. The van der Waals surface area contributed by atoms with Gasteiger partial charge in [0.05, 0.1) is 34.6 Å². The van der Waals surface area contributed by atoms with E-state index in [1.54, 1.807) is 19.1 Å². The lowest BCUT2D eigenvalue weighted by Gasteiger charge is -2.18. The molecular formula is C20H14F3N3O2. The van der Waals surface area contributed by atoms with Crippen molar-refractivity contribution in [1.29, 1.82) is 5.26 Å². The highest BCUT2D eigenvalue weighted by Crippen LogP contribution is 2.38. The molecule has 2 aromatic carbocycles. The number of nitrogens with zero attached hydrogens (tertiary/aromatic N) is 2. The van der Waals surface area contributed by atoms with Crippen LogP contribution in [0.5, 0.6) is 0 Å². The van der Waals surface area contributed by atoms with E-state index in [0.29, 0.717) is 5.39 Å². The van der Waals surface area contributed by atoms with Gasteiger partial charge < -0.3 is 10.1 Å². The summed E-state index contributed by atoms with van der Waals surface area (Å²) in [7, 11) is 0. The number of carbonyl (C=O) groups is 1. The van der Waals surface area contributed by atoms with E-state index in [0.717, 1.165) is 6.07 Å². The molecule has 0 aliphatic heterocycles. The Labute approximate surface area is 158 Å². The summed E-state index contributed by atoms with van der Waals surface area (Å²) in [4.78, 5) is 16.5. The van der Waals surface area contributed by atoms with Crippen LogP contribution in [-0.2, 0) is 10.9 Å². The van der Waals surface area contributed by atoms with Crippen molar-refractivity contribution in [2.24, 2.45) is 0 Å². The number of alkyl halides is 3. The molecule has 8 heteroatoms. The van der Waals surface area contributed by atoms with Crippen LogP contribution in [0.4, 0.5) is 24.5 Å². The molecule has 3 rings (SSSR count). The van der Waals surface area contributed by atoms with Gasteiger partial charge in [0.15, 0.2) is 0 Å². The molecule has 1 N–H and O–H groups in total. The number of anilines is 2. The second-order valence-corrected chi connectivity index (χ2v) is 5.75. The number of hydrogen-bond acceptors (Lipinski definition) is 5. The van der Waals surface area contributed by atoms with Crippen molar-refractivity contribution in [2.75, 3.05) is 11.9 Å². The standard InChI is InChI=1S/C20H14F3N3O2/c1-2-28-19(27)14-11-25-17-12(10-24)6-5-7-13(17)18(14)26-16-9-4-3-8-15(16)20(21,22)23/h3-9,11H,2H2,1H3,(H,25,26). The molecule has 0 saturated carbocycles. The van der Waals surface area contributed by atoms with Gasteiger partial charge in [0.25, 0.3) is 0 Å². The average molecular weight is 385 g/mol. The zero-order chi connectivity index (χ0) is 20.3. The topological polar surface area (TPSA) is 75.0 Å². The number of hydrogen-bond donors (Lipinski definition) is 1. The summed E-state index contributed by atoms with van der Waals surface area (Å²) in [6.07, 6.45) is -3.39. The van der Waals surface area contributed by atoms with Crippen LogP contribution in [0.2, 0.25) is 0 Å². The largest absolute Gasteiger partial charge is 0.462 e. The Morgan fingerprint density at radius 3 is 2.64 bits per heavy atom. The van der Waals surface area contributed by atoms with Crippen molar-refractivity contribution >= 4 is 28.2 Å². The lowest BCUT2D eigenvalue weighted by Crippen LogP contribution is -2.12. The molecule has 5 nitrogen and oxygen atoms in total. The predicted octanol–water partition coefficient (Wildman–Crippen LogP) is 5.05. The fraction of sp³-hybridized carbons (Fsp3) is 0.150. The zero-order valence-electron chi connectivity index (χ0n) is 14.7. The van der Waals surface area contributed by atoms with Crippen LogP contribution in [0, 0.1) is 11.3 Å². The summed E-state index contributed by atoms with van der Waals surface area (Å²) in [6.45, 7) is 1.71. The average Bonchev–Trinajstić information content (AvgIpc) is 2.67. The summed E-state index contributed by atoms with van der Waals surface area (Å²) in [5, 5.41) is 12.3. The maximum atomic E-state index is 13.4. The van der Waals surface area contributed by atoms with Crippen LogP contribution in [0.15, 0.2) is 48.7 Å². The molecular weight excluding hydrogens is 371 g/mol. The number of ether oxygens (including phenoxy) is 1.